The molecule has 0 saturated carbocycles. The number of aliphatic hydroxyl groups excluding tert-OH is 1. The fourth-order valence-corrected chi connectivity index (χ4v) is 3.28. The molecular weight excluding hydrogens is 252 g/mol. The Morgan fingerprint density at radius 2 is 2.22 bits per heavy atom. The van der Waals surface area contributed by atoms with E-state index < -0.39 is 9.84 Å². The molecule has 1 aliphatic rings. The number of hydrogen-bond acceptors (Lipinski definition) is 5. The molecule has 1 fully saturated rings. The molecule has 1 aromatic carbocycles. The van der Waals surface area contributed by atoms with E-state index in [2.05, 4.69) is 0 Å². The highest BCUT2D eigenvalue weighted by atomic mass is 32.2. The highest BCUT2D eigenvalue weighted by Gasteiger charge is 2.27. The van der Waals surface area contributed by atoms with Gasteiger partial charge in [-0.15, -0.1) is 0 Å². The van der Waals surface area contributed by atoms with Gasteiger partial charge in [0.2, 0.25) is 0 Å². The van der Waals surface area contributed by atoms with Gasteiger partial charge in [-0.2, -0.15) is 0 Å². The fourth-order valence-electron chi connectivity index (χ4n) is 2.45. The Bertz CT molecular complexity index is 542. The van der Waals surface area contributed by atoms with Gasteiger partial charge in [0, 0.05) is 12.8 Å². The summed E-state index contributed by atoms with van der Waals surface area (Å²) in [6, 6.07) is 5.03. The summed E-state index contributed by atoms with van der Waals surface area (Å²) in [5.41, 5.74) is 6.95. The summed E-state index contributed by atoms with van der Waals surface area (Å²) in [6.45, 7) is 0.852. The number of para-hydroxylation sites is 1. The maximum absolute atomic E-state index is 11.6. The lowest BCUT2D eigenvalue weighted by molar-refractivity contribution is 0.266. The van der Waals surface area contributed by atoms with Crippen LogP contribution in [0.4, 0.5) is 11.4 Å². The van der Waals surface area contributed by atoms with Crippen molar-refractivity contribution in [1.29, 1.82) is 0 Å². The van der Waals surface area contributed by atoms with Crippen molar-refractivity contribution in [2.45, 2.75) is 23.8 Å². The molecule has 1 unspecified atom stereocenters. The second-order valence-corrected chi connectivity index (χ2v) is 6.62. The average molecular weight is 270 g/mol. The van der Waals surface area contributed by atoms with E-state index in [4.69, 9.17) is 5.73 Å². The van der Waals surface area contributed by atoms with Crippen LogP contribution >= 0.6 is 0 Å². The topological polar surface area (TPSA) is 83.6 Å². The third-order valence-electron chi connectivity index (χ3n) is 3.34. The first-order valence-electron chi connectivity index (χ1n) is 5.91. The highest BCUT2D eigenvalue weighted by Crippen LogP contribution is 2.34. The van der Waals surface area contributed by atoms with E-state index in [1.165, 1.54) is 6.07 Å². The van der Waals surface area contributed by atoms with Crippen molar-refractivity contribution < 1.29 is 13.5 Å². The number of nitrogen functional groups attached to an aromatic ring is 1. The number of anilines is 2. The molecule has 3 N–H and O–H groups in total. The third kappa shape index (κ3) is 2.30. The molecule has 2 rings (SSSR count). The van der Waals surface area contributed by atoms with Crippen LogP contribution < -0.4 is 10.6 Å². The normalized spacial score (nSPS) is 20.3. The van der Waals surface area contributed by atoms with Crippen molar-refractivity contribution in [3.8, 4) is 0 Å². The van der Waals surface area contributed by atoms with Crippen LogP contribution in [0.1, 0.15) is 12.8 Å². The molecule has 1 heterocycles. The lowest BCUT2D eigenvalue weighted by Gasteiger charge is -2.27. The number of rotatable bonds is 3. The molecule has 0 bridgehead atoms. The maximum Gasteiger partial charge on any atom is 0.177 e. The number of aliphatic hydroxyl groups is 1. The summed E-state index contributed by atoms with van der Waals surface area (Å²) >= 11 is 0. The van der Waals surface area contributed by atoms with Gasteiger partial charge in [0.05, 0.1) is 28.9 Å². The van der Waals surface area contributed by atoms with Crippen LogP contribution in [0.5, 0.6) is 0 Å². The standard InChI is InChI=1S/C12H18N2O3S/c1-18(16,17)11-6-2-5-10(12(11)13)14-7-3-4-9(14)8-15/h2,5-6,9,15H,3-4,7-8,13H2,1H3. The molecule has 0 spiro atoms. The minimum Gasteiger partial charge on any atom is -0.396 e. The van der Waals surface area contributed by atoms with Crippen molar-refractivity contribution in [1.82, 2.24) is 0 Å². The lowest BCUT2D eigenvalue weighted by atomic mass is 10.2. The Morgan fingerprint density at radius 3 is 2.83 bits per heavy atom. The van der Waals surface area contributed by atoms with Crippen molar-refractivity contribution in [3.63, 3.8) is 0 Å². The molecule has 6 heteroatoms. The zero-order valence-electron chi connectivity index (χ0n) is 10.3. The van der Waals surface area contributed by atoms with Crippen LogP contribution in [-0.2, 0) is 9.84 Å². The number of nitrogens with zero attached hydrogens (tertiary/aromatic N) is 1. The molecule has 5 nitrogen and oxygen atoms in total. The molecule has 0 radical (unpaired) electrons. The molecule has 0 amide bonds. The van der Waals surface area contributed by atoms with E-state index in [1.807, 2.05) is 4.90 Å². The van der Waals surface area contributed by atoms with Gasteiger partial charge < -0.3 is 15.7 Å². The summed E-state index contributed by atoms with van der Waals surface area (Å²) in [7, 11) is -3.32. The summed E-state index contributed by atoms with van der Waals surface area (Å²) < 4.78 is 23.2. The Balaban J connectivity index is 2.47. The molecule has 0 aromatic heterocycles. The van der Waals surface area contributed by atoms with E-state index in [1.54, 1.807) is 12.1 Å². The molecule has 100 valence electrons. The van der Waals surface area contributed by atoms with Crippen LogP contribution in [-0.4, -0.2) is 39.0 Å². The van der Waals surface area contributed by atoms with Crippen LogP contribution in [0.3, 0.4) is 0 Å². The zero-order chi connectivity index (χ0) is 13.3. The number of hydrogen-bond donors (Lipinski definition) is 2. The lowest BCUT2D eigenvalue weighted by Crippen LogP contribution is -2.32. The van der Waals surface area contributed by atoms with Crippen LogP contribution in [0.25, 0.3) is 0 Å². The molecule has 18 heavy (non-hydrogen) atoms. The van der Waals surface area contributed by atoms with Crippen LogP contribution in [0.2, 0.25) is 0 Å². The Hall–Kier alpha value is -1.27. The quantitative estimate of drug-likeness (QED) is 0.787. The van der Waals surface area contributed by atoms with Crippen LogP contribution in [0.15, 0.2) is 23.1 Å². The van der Waals surface area contributed by atoms with E-state index in [-0.39, 0.29) is 23.2 Å². The first-order valence-corrected chi connectivity index (χ1v) is 7.80. The fraction of sp³-hybridized carbons (Fsp3) is 0.500. The molecule has 1 aliphatic heterocycles. The summed E-state index contributed by atoms with van der Waals surface area (Å²) in [5, 5.41) is 9.32. The molecule has 1 atom stereocenters. The molecule has 0 aliphatic carbocycles. The second-order valence-electron chi connectivity index (χ2n) is 4.63. The van der Waals surface area contributed by atoms with Crippen molar-refractivity contribution in [2.75, 3.05) is 30.0 Å². The van der Waals surface area contributed by atoms with Gasteiger partial charge >= 0.3 is 0 Å². The van der Waals surface area contributed by atoms with E-state index >= 15 is 0 Å². The van der Waals surface area contributed by atoms with Gasteiger partial charge in [-0.25, -0.2) is 8.42 Å². The van der Waals surface area contributed by atoms with Crippen molar-refractivity contribution in [3.05, 3.63) is 18.2 Å². The van der Waals surface area contributed by atoms with E-state index in [0.29, 0.717) is 5.69 Å². The molecular formula is C12H18N2O3S. The monoisotopic (exact) mass is 270 g/mol. The van der Waals surface area contributed by atoms with Gasteiger partial charge in [0.15, 0.2) is 9.84 Å². The van der Waals surface area contributed by atoms with Crippen molar-refractivity contribution >= 4 is 21.2 Å². The maximum atomic E-state index is 11.6. The van der Waals surface area contributed by atoms with Crippen molar-refractivity contribution in [2.24, 2.45) is 0 Å². The third-order valence-corrected chi connectivity index (χ3v) is 4.49. The SMILES string of the molecule is CS(=O)(=O)c1cccc(N2CCCC2CO)c1N. The molecule has 1 saturated heterocycles. The summed E-state index contributed by atoms with van der Waals surface area (Å²) in [6.07, 6.45) is 3.03. The summed E-state index contributed by atoms with van der Waals surface area (Å²) in [5.74, 6) is 0. The highest BCUT2D eigenvalue weighted by molar-refractivity contribution is 7.90. The van der Waals surface area contributed by atoms with Gasteiger partial charge in [-0.1, -0.05) is 6.07 Å². The van der Waals surface area contributed by atoms with Crippen LogP contribution in [0, 0.1) is 0 Å². The van der Waals surface area contributed by atoms with Gasteiger partial charge in [-0.05, 0) is 25.0 Å². The molecule has 1 aromatic rings. The summed E-state index contributed by atoms with van der Waals surface area (Å²) in [4.78, 5) is 2.15. The Morgan fingerprint density at radius 1 is 1.50 bits per heavy atom. The Labute approximate surface area is 107 Å². The number of nitrogens with two attached hydrogens (primary N) is 1. The largest absolute Gasteiger partial charge is 0.396 e. The second kappa shape index (κ2) is 4.78. The smallest absolute Gasteiger partial charge is 0.177 e. The first-order chi connectivity index (χ1) is 8.45. The predicted molar refractivity (Wildman–Crippen MR) is 71.4 cm³/mol. The van der Waals surface area contributed by atoms with E-state index in [9.17, 15) is 13.5 Å². The number of benzene rings is 1. The van der Waals surface area contributed by atoms with Gasteiger partial charge in [0.25, 0.3) is 0 Å². The van der Waals surface area contributed by atoms with E-state index in [0.717, 1.165) is 25.6 Å². The minimum absolute atomic E-state index is 0.0297. The Kier molecular flexibility index (Phi) is 3.49. The average Bonchev–Trinajstić information content (AvgIpc) is 2.75. The first kappa shape index (κ1) is 13.2. The zero-order valence-corrected chi connectivity index (χ0v) is 11.2. The minimum atomic E-state index is -3.32. The van der Waals surface area contributed by atoms with Gasteiger partial charge in [0.1, 0.15) is 0 Å². The number of sulfone groups is 1. The van der Waals surface area contributed by atoms with Gasteiger partial charge in [-0.3, -0.25) is 0 Å². The predicted octanol–water partition coefficient (Wildman–Crippen LogP) is 0.633.